The number of benzene rings is 1. The van der Waals surface area contributed by atoms with Crippen LogP contribution in [0.2, 0.25) is 0 Å². The lowest BCUT2D eigenvalue weighted by Crippen LogP contribution is -2.19. The maximum atomic E-state index is 10.6. The molecule has 2 bridgehead atoms. The van der Waals surface area contributed by atoms with Crippen molar-refractivity contribution in [3.8, 4) is 0 Å². The highest BCUT2D eigenvalue weighted by atomic mass is 16.3. The average molecular weight is 258 g/mol. The van der Waals surface area contributed by atoms with Crippen LogP contribution in [0, 0.1) is 17.8 Å². The van der Waals surface area contributed by atoms with E-state index in [1.54, 1.807) is 0 Å². The molecule has 1 aromatic rings. The number of aliphatic hydroxyl groups is 1. The number of aliphatic hydroxyl groups excluding tert-OH is 1. The normalized spacial score (nSPS) is 31.7. The Balaban J connectivity index is 1.75. The van der Waals surface area contributed by atoms with Gasteiger partial charge in [0, 0.05) is 0 Å². The van der Waals surface area contributed by atoms with Crippen molar-refractivity contribution < 1.29 is 5.11 Å². The summed E-state index contributed by atoms with van der Waals surface area (Å²) in [5, 5.41) is 10.6. The molecule has 0 radical (unpaired) electrons. The standard InChI is InChI=1S/C18H26O/c1-18(2,3)15-8-6-13(7-9-15)17(19)16-11-12-4-5-14(16)10-12/h6-9,12,14,16-17,19H,4-5,10-11H2,1-3H3. The van der Waals surface area contributed by atoms with Gasteiger partial charge in [0.1, 0.15) is 0 Å². The van der Waals surface area contributed by atoms with Crippen LogP contribution >= 0.6 is 0 Å². The van der Waals surface area contributed by atoms with E-state index in [-0.39, 0.29) is 11.5 Å². The first kappa shape index (κ1) is 13.2. The Morgan fingerprint density at radius 1 is 1.05 bits per heavy atom. The highest BCUT2D eigenvalue weighted by Crippen LogP contribution is 2.52. The van der Waals surface area contributed by atoms with Crippen LogP contribution in [-0.2, 0) is 5.41 Å². The highest BCUT2D eigenvalue weighted by molar-refractivity contribution is 5.29. The van der Waals surface area contributed by atoms with Crippen molar-refractivity contribution in [2.75, 3.05) is 0 Å². The second kappa shape index (κ2) is 4.63. The van der Waals surface area contributed by atoms with Gasteiger partial charge in [-0.1, -0.05) is 51.5 Å². The van der Waals surface area contributed by atoms with Gasteiger partial charge in [-0.15, -0.1) is 0 Å². The minimum absolute atomic E-state index is 0.190. The molecule has 104 valence electrons. The Hall–Kier alpha value is -0.820. The minimum atomic E-state index is -0.246. The van der Waals surface area contributed by atoms with E-state index < -0.39 is 0 Å². The third kappa shape index (κ3) is 2.45. The summed E-state index contributed by atoms with van der Waals surface area (Å²) in [6.45, 7) is 6.69. The summed E-state index contributed by atoms with van der Waals surface area (Å²) in [6.07, 6.45) is 5.10. The van der Waals surface area contributed by atoms with Crippen molar-refractivity contribution in [2.24, 2.45) is 17.8 Å². The molecule has 4 unspecified atom stereocenters. The van der Waals surface area contributed by atoms with Gasteiger partial charge in [0.05, 0.1) is 6.10 Å². The van der Waals surface area contributed by atoms with Crippen LogP contribution in [0.15, 0.2) is 24.3 Å². The lowest BCUT2D eigenvalue weighted by Gasteiger charge is -2.27. The Labute approximate surface area is 117 Å². The summed E-state index contributed by atoms with van der Waals surface area (Å²) in [6, 6.07) is 8.64. The highest BCUT2D eigenvalue weighted by Gasteiger charge is 2.42. The van der Waals surface area contributed by atoms with E-state index >= 15 is 0 Å². The topological polar surface area (TPSA) is 20.2 Å². The van der Waals surface area contributed by atoms with Gasteiger partial charge in [-0.2, -0.15) is 0 Å². The molecule has 2 aliphatic carbocycles. The van der Waals surface area contributed by atoms with E-state index in [2.05, 4.69) is 45.0 Å². The van der Waals surface area contributed by atoms with Crippen LogP contribution < -0.4 is 0 Å². The maximum absolute atomic E-state index is 10.6. The molecule has 0 aliphatic heterocycles. The van der Waals surface area contributed by atoms with Crippen LogP contribution in [-0.4, -0.2) is 5.11 Å². The smallest absolute Gasteiger partial charge is 0.0820 e. The second-order valence-corrected chi connectivity index (χ2v) is 7.66. The molecule has 1 heteroatoms. The van der Waals surface area contributed by atoms with Crippen molar-refractivity contribution in [2.45, 2.75) is 58.0 Å². The number of hydrogen-bond acceptors (Lipinski definition) is 1. The van der Waals surface area contributed by atoms with Gasteiger partial charge in [-0.3, -0.25) is 0 Å². The van der Waals surface area contributed by atoms with E-state index in [1.165, 1.54) is 31.2 Å². The van der Waals surface area contributed by atoms with Gasteiger partial charge in [0.25, 0.3) is 0 Å². The van der Waals surface area contributed by atoms with Gasteiger partial charge in [0.15, 0.2) is 0 Å². The quantitative estimate of drug-likeness (QED) is 0.830. The monoisotopic (exact) mass is 258 g/mol. The molecule has 2 fully saturated rings. The molecule has 4 atom stereocenters. The summed E-state index contributed by atoms with van der Waals surface area (Å²) < 4.78 is 0. The molecular weight excluding hydrogens is 232 g/mol. The first-order valence-electron chi connectivity index (χ1n) is 7.73. The van der Waals surface area contributed by atoms with Crippen LogP contribution in [0.4, 0.5) is 0 Å². The Kier molecular flexibility index (Phi) is 3.21. The number of fused-ring (bicyclic) bond motifs is 2. The van der Waals surface area contributed by atoms with Crippen LogP contribution in [0.3, 0.4) is 0 Å². The molecule has 19 heavy (non-hydrogen) atoms. The average Bonchev–Trinajstić information content (AvgIpc) is 2.99. The second-order valence-electron chi connectivity index (χ2n) is 7.66. The largest absolute Gasteiger partial charge is 0.388 e. The molecule has 0 amide bonds. The van der Waals surface area contributed by atoms with Crippen molar-refractivity contribution in [1.29, 1.82) is 0 Å². The van der Waals surface area contributed by atoms with Gasteiger partial charge < -0.3 is 5.11 Å². The third-order valence-corrected chi connectivity index (χ3v) is 5.32. The SMILES string of the molecule is CC(C)(C)c1ccc(C(O)C2CC3CCC2C3)cc1. The summed E-state index contributed by atoms with van der Waals surface area (Å²) in [5.41, 5.74) is 2.65. The summed E-state index contributed by atoms with van der Waals surface area (Å²) in [4.78, 5) is 0. The molecule has 0 heterocycles. The Morgan fingerprint density at radius 2 is 1.74 bits per heavy atom. The molecule has 1 nitrogen and oxygen atoms in total. The van der Waals surface area contributed by atoms with Crippen LogP contribution in [0.1, 0.15) is 63.7 Å². The first-order chi connectivity index (χ1) is 8.95. The van der Waals surface area contributed by atoms with Crippen LogP contribution in [0.5, 0.6) is 0 Å². The first-order valence-corrected chi connectivity index (χ1v) is 7.73. The summed E-state index contributed by atoms with van der Waals surface area (Å²) in [7, 11) is 0. The maximum Gasteiger partial charge on any atom is 0.0820 e. The van der Waals surface area contributed by atoms with Gasteiger partial charge in [-0.05, 0) is 53.6 Å². The molecular formula is C18H26O. The number of hydrogen-bond donors (Lipinski definition) is 1. The predicted octanol–water partition coefficient (Wildman–Crippen LogP) is 4.45. The zero-order valence-corrected chi connectivity index (χ0v) is 12.4. The van der Waals surface area contributed by atoms with Crippen molar-refractivity contribution in [3.05, 3.63) is 35.4 Å². The fourth-order valence-electron chi connectivity index (χ4n) is 4.11. The lowest BCUT2D eigenvalue weighted by molar-refractivity contribution is 0.0745. The third-order valence-electron chi connectivity index (χ3n) is 5.32. The van der Waals surface area contributed by atoms with E-state index in [4.69, 9.17) is 0 Å². The lowest BCUT2D eigenvalue weighted by atomic mass is 9.81. The van der Waals surface area contributed by atoms with Gasteiger partial charge >= 0.3 is 0 Å². The molecule has 0 saturated heterocycles. The Morgan fingerprint density at radius 3 is 2.21 bits per heavy atom. The minimum Gasteiger partial charge on any atom is -0.388 e. The summed E-state index contributed by atoms with van der Waals surface area (Å²) in [5.74, 6) is 2.19. The molecule has 2 saturated carbocycles. The zero-order chi connectivity index (χ0) is 13.6. The summed E-state index contributed by atoms with van der Waals surface area (Å²) >= 11 is 0. The fraction of sp³-hybridized carbons (Fsp3) is 0.667. The molecule has 0 spiro atoms. The fourth-order valence-corrected chi connectivity index (χ4v) is 4.11. The molecule has 1 N–H and O–H groups in total. The van der Waals surface area contributed by atoms with E-state index in [1.807, 2.05) is 0 Å². The number of rotatable bonds is 2. The molecule has 1 aromatic carbocycles. The van der Waals surface area contributed by atoms with E-state index in [0.29, 0.717) is 5.92 Å². The van der Waals surface area contributed by atoms with E-state index in [9.17, 15) is 5.11 Å². The molecule has 3 rings (SSSR count). The van der Waals surface area contributed by atoms with E-state index in [0.717, 1.165) is 17.4 Å². The van der Waals surface area contributed by atoms with Crippen molar-refractivity contribution in [1.82, 2.24) is 0 Å². The zero-order valence-electron chi connectivity index (χ0n) is 12.4. The predicted molar refractivity (Wildman–Crippen MR) is 79.0 cm³/mol. The van der Waals surface area contributed by atoms with Crippen molar-refractivity contribution >= 4 is 0 Å². The van der Waals surface area contributed by atoms with Crippen LogP contribution in [0.25, 0.3) is 0 Å². The van der Waals surface area contributed by atoms with Gasteiger partial charge in [-0.25, -0.2) is 0 Å². The molecule has 0 aromatic heterocycles. The Bertz CT molecular complexity index is 440. The van der Waals surface area contributed by atoms with Crippen molar-refractivity contribution in [3.63, 3.8) is 0 Å². The molecule has 2 aliphatic rings. The van der Waals surface area contributed by atoms with Gasteiger partial charge in [0.2, 0.25) is 0 Å².